The molecule has 4 nitrogen and oxygen atoms in total. The Balaban J connectivity index is 2.97. The molecule has 0 aliphatic rings. The third-order valence-electron chi connectivity index (χ3n) is 1.23. The monoisotopic (exact) mass is 185 g/mol. The molecular formula is C7H8ClN3O. The molecule has 0 aliphatic carbocycles. The van der Waals surface area contributed by atoms with E-state index in [1.54, 1.807) is 12.3 Å². The van der Waals surface area contributed by atoms with E-state index >= 15 is 0 Å². The Bertz CT molecular complexity index is 314. The number of primary amides is 1. The van der Waals surface area contributed by atoms with Gasteiger partial charge in [0.15, 0.2) is 5.15 Å². The molecule has 1 rings (SSSR count). The first kappa shape index (κ1) is 8.80. The van der Waals surface area contributed by atoms with E-state index in [0.717, 1.165) is 5.56 Å². The van der Waals surface area contributed by atoms with Crippen LogP contribution in [0.4, 0.5) is 10.5 Å². The van der Waals surface area contributed by atoms with Gasteiger partial charge in [0.1, 0.15) is 0 Å². The van der Waals surface area contributed by atoms with Gasteiger partial charge in [-0.25, -0.2) is 9.78 Å². The van der Waals surface area contributed by atoms with Crippen molar-refractivity contribution in [2.24, 2.45) is 5.73 Å². The largest absolute Gasteiger partial charge is 0.351 e. The average molecular weight is 186 g/mol. The van der Waals surface area contributed by atoms with Crippen LogP contribution in [0.2, 0.25) is 5.15 Å². The Morgan fingerprint density at radius 3 is 3.00 bits per heavy atom. The standard InChI is InChI=1S/C7H8ClN3O/c1-4-2-5(11-7(9)12)6(8)10-3-4/h2-3H,1H3,(H3,9,11,12). The fourth-order valence-electron chi connectivity index (χ4n) is 0.773. The van der Waals surface area contributed by atoms with Crippen LogP contribution >= 0.6 is 11.6 Å². The number of rotatable bonds is 1. The third-order valence-corrected chi connectivity index (χ3v) is 1.53. The second-order valence-electron chi connectivity index (χ2n) is 2.34. The lowest BCUT2D eigenvalue weighted by atomic mass is 10.3. The van der Waals surface area contributed by atoms with E-state index in [0.29, 0.717) is 5.69 Å². The number of nitrogens with zero attached hydrogens (tertiary/aromatic N) is 1. The molecule has 0 saturated heterocycles. The van der Waals surface area contributed by atoms with Crippen molar-refractivity contribution >= 4 is 23.3 Å². The third kappa shape index (κ3) is 2.10. The topological polar surface area (TPSA) is 68.0 Å². The van der Waals surface area contributed by atoms with Crippen molar-refractivity contribution in [3.63, 3.8) is 0 Å². The zero-order chi connectivity index (χ0) is 9.14. The van der Waals surface area contributed by atoms with Gasteiger partial charge in [0, 0.05) is 6.20 Å². The maximum Gasteiger partial charge on any atom is 0.316 e. The quantitative estimate of drug-likeness (QED) is 0.652. The second-order valence-corrected chi connectivity index (χ2v) is 2.70. The van der Waals surface area contributed by atoms with E-state index in [1.165, 1.54) is 0 Å². The van der Waals surface area contributed by atoms with Crippen molar-refractivity contribution in [3.05, 3.63) is 23.0 Å². The van der Waals surface area contributed by atoms with E-state index in [-0.39, 0.29) is 5.15 Å². The Labute approximate surface area is 74.7 Å². The van der Waals surface area contributed by atoms with E-state index in [4.69, 9.17) is 17.3 Å². The normalized spacial score (nSPS) is 9.50. The number of aryl methyl sites for hydroxylation is 1. The number of aromatic nitrogens is 1. The number of nitrogens with one attached hydrogen (secondary N) is 1. The zero-order valence-electron chi connectivity index (χ0n) is 6.47. The molecule has 5 heteroatoms. The molecular weight excluding hydrogens is 178 g/mol. The average Bonchev–Trinajstić information content (AvgIpc) is 1.96. The number of hydrogen-bond donors (Lipinski definition) is 2. The van der Waals surface area contributed by atoms with Gasteiger partial charge in [0.05, 0.1) is 5.69 Å². The highest BCUT2D eigenvalue weighted by atomic mass is 35.5. The molecule has 0 fully saturated rings. The number of halogens is 1. The highest BCUT2D eigenvalue weighted by Gasteiger charge is 2.02. The summed E-state index contributed by atoms with van der Waals surface area (Å²) in [5, 5.41) is 2.59. The van der Waals surface area contributed by atoms with Gasteiger partial charge < -0.3 is 11.1 Å². The summed E-state index contributed by atoms with van der Waals surface area (Å²) in [7, 11) is 0. The van der Waals surface area contributed by atoms with Crippen molar-refractivity contribution < 1.29 is 4.79 Å². The fourth-order valence-corrected chi connectivity index (χ4v) is 0.924. The molecule has 3 N–H and O–H groups in total. The van der Waals surface area contributed by atoms with E-state index in [9.17, 15) is 4.79 Å². The zero-order valence-corrected chi connectivity index (χ0v) is 7.22. The molecule has 0 radical (unpaired) electrons. The Morgan fingerprint density at radius 2 is 2.42 bits per heavy atom. The lowest BCUT2D eigenvalue weighted by Crippen LogP contribution is -2.19. The summed E-state index contributed by atoms with van der Waals surface area (Å²) in [5.74, 6) is 0. The van der Waals surface area contributed by atoms with Gasteiger partial charge in [-0.3, -0.25) is 0 Å². The second kappa shape index (κ2) is 3.40. The molecule has 0 aromatic carbocycles. The molecule has 0 spiro atoms. The van der Waals surface area contributed by atoms with Crippen molar-refractivity contribution in [1.82, 2.24) is 4.98 Å². The van der Waals surface area contributed by atoms with Crippen LogP contribution < -0.4 is 11.1 Å². The Kier molecular flexibility index (Phi) is 2.50. The first-order chi connectivity index (χ1) is 5.59. The number of nitrogens with two attached hydrogens (primary N) is 1. The van der Waals surface area contributed by atoms with E-state index in [1.807, 2.05) is 6.92 Å². The van der Waals surface area contributed by atoms with Gasteiger partial charge in [-0.1, -0.05) is 11.6 Å². The van der Waals surface area contributed by atoms with Crippen molar-refractivity contribution in [1.29, 1.82) is 0 Å². The summed E-state index contributed by atoms with van der Waals surface area (Å²) in [6.07, 6.45) is 1.61. The van der Waals surface area contributed by atoms with Gasteiger partial charge in [-0.15, -0.1) is 0 Å². The molecule has 12 heavy (non-hydrogen) atoms. The first-order valence-corrected chi connectivity index (χ1v) is 3.66. The highest BCUT2D eigenvalue weighted by Crippen LogP contribution is 2.18. The number of amides is 2. The minimum absolute atomic E-state index is 0.236. The van der Waals surface area contributed by atoms with Gasteiger partial charge in [-0.05, 0) is 18.6 Å². The van der Waals surface area contributed by atoms with E-state index < -0.39 is 6.03 Å². The highest BCUT2D eigenvalue weighted by molar-refractivity contribution is 6.32. The number of hydrogen-bond acceptors (Lipinski definition) is 2. The molecule has 0 atom stereocenters. The maximum atomic E-state index is 10.5. The Hall–Kier alpha value is -1.29. The van der Waals surface area contributed by atoms with Gasteiger partial charge >= 0.3 is 6.03 Å². The van der Waals surface area contributed by atoms with Crippen LogP contribution in [0.1, 0.15) is 5.56 Å². The molecule has 0 bridgehead atoms. The number of carbonyl (C=O) groups is 1. The summed E-state index contributed by atoms with van der Waals surface area (Å²) in [5.41, 5.74) is 6.25. The van der Waals surface area contributed by atoms with Crippen LogP contribution in [0.25, 0.3) is 0 Å². The molecule has 64 valence electrons. The van der Waals surface area contributed by atoms with Crippen LogP contribution in [0.15, 0.2) is 12.3 Å². The lowest BCUT2D eigenvalue weighted by Gasteiger charge is -2.03. The lowest BCUT2D eigenvalue weighted by molar-refractivity contribution is 0.259. The summed E-state index contributed by atoms with van der Waals surface area (Å²) >= 11 is 5.66. The predicted octanol–water partition coefficient (Wildman–Crippen LogP) is 1.53. The first-order valence-electron chi connectivity index (χ1n) is 3.28. The van der Waals surface area contributed by atoms with Crippen LogP contribution in [0, 0.1) is 6.92 Å². The summed E-state index contributed by atoms with van der Waals surface area (Å²) < 4.78 is 0. The minimum atomic E-state index is -0.649. The number of anilines is 1. The maximum absolute atomic E-state index is 10.5. The van der Waals surface area contributed by atoms with Crippen molar-refractivity contribution in [2.45, 2.75) is 6.92 Å². The van der Waals surface area contributed by atoms with Gasteiger partial charge in [-0.2, -0.15) is 0 Å². The number of urea groups is 1. The summed E-state index contributed by atoms with van der Waals surface area (Å²) in [6.45, 7) is 1.84. The molecule has 1 aromatic heterocycles. The summed E-state index contributed by atoms with van der Waals surface area (Å²) in [4.78, 5) is 14.3. The van der Waals surface area contributed by atoms with E-state index in [2.05, 4.69) is 10.3 Å². The van der Waals surface area contributed by atoms with Crippen LogP contribution in [0.3, 0.4) is 0 Å². The minimum Gasteiger partial charge on any atom is -0.351 e. The fraction of sp³-hybridized carbons (Fsp3) is 0.143. The predicted molar refractivity (Wildman–Crippen MR) is 47.2 cm³/mol. The smallest absolute Gasteiger partial charge is 0.316 e. The SMILES string of the molecule is Cc1cnc(Cl)c(NC(N)=O)c1. The molecule has 0 aliphatic heterocycles. The number of pyridine rings is 1. The molecule has 0 unspecified atom stereocenters. The van der Waals surface area contributed by atoms with Gasteiger partial charge in [0.2, 0.25) is 0 Å². The van der Waals surface area contributed by atoms with Crippen LogP contribution in [-0.4, -0.2) is 11.0 Å². The van der Waals surface area contributed by atoms with Crippen LogP contribution in [-0.2, 0) is 0 Å². The molecule has 1 aromatic rings. The van der Waals surface area contributed by atoms with Crippen LogP contribution in [0.5, 0.6) is 0 Å². The molecule has 0 saturated carbocycles. The molecule has 2 amide bonds. The molecule has 1 heterocycles. The number of carbonyl (C=O) groups excluding carboxylic acids is 1. The van der Waals surface area contributed by atoms with Crippen molar-refractivity contribution in [3.8, 4) is 0 Å². The Morgan fingerprint density at radius 1 is 1.75 bits per heavy atom. The summed E-state index contributed by atoms with van der Waals surface area (Å²) in [6, 6.07) is 1.05. The van der Waals surface area contributed by atoms with Crippen molar-refractivity contribution in [2.75, 3.05) is 5.32 Å². The van der Waals surface area contributed by atoms with Gasteiger partial charge in [0.25, 0.3) is 0 Å².